The fraction of sp³-hybridized carbons (Fsp3) is 0. The molecule has 0 aliphatic carbocycles. The monoisotopic (exact) mass is 332 g/mol. The summed E-state index contributed by atoms with van der Waals surface area (Å²) in [6.45, 7) is 0. The van der Waals surface area contributed by atoms with E-state index in [1.54, 1.807) is 6.07 Å². The Morgan fingerprint density at radius 1 is 1.04 bits per heavy atom. The van der Waals surface area contributed by atoms with E-state index in [-0.39, 0.29) is 10.6 Å². The first-order valence-corrected chi connectivity index (χ1v) is 7.87. The van der Waals surface area contributed by atoms with Crippen molar-refractivity contribution in [3.8, 4) is 0 Å². The highest BCUT2D eigenvalue weighted by atomic mass is 32.2. The van der Waals surface area contributed by atoms with Crippen molar-refractivity contribution in [1.29, 1.82) is 0 Å². The summed E-state index contributed by atoms with van der Waals surface area (Å²) >= 11 is 0. The summed E-state index contributed by atoms with van der Waals surface area (Å²) in [5, 5.41) is 10.6. The zero-order valence-electron chi connectivity index (χ0n) is 11.7. The van der Waals surface area contributed by atoms with E-state index in [1.807, 2.05) is 0 Å². The number of primary amides is 1. The Morgan fingerprint density at radius 2 is 1.61 bits per heavy atom. The molecule has 2 rings (SSSR count). The highest BCUT2D eigenvalue weighted by molar-refractivity contribution is 7.96. The maximum Gasteiger partial charge on any atom is 0.269 e. The number of carbonyl (C=O) groups excluding carboxylic acids is 1. The lowest BCUT2D eigenvalue weighted by molar-refractivity contribution is -0.384. The van der Waals surface area contributed by atoms with Gasteiger partial charge in [-0.15, -0.1) is 0 Å². The van der Waals surface area contributed by atoms with Gasteiger partial charge in [-0.2, -0.15) is 0 Å². The second kappa shape index (κ2) is 6.41. The van der Waals surface area contributed by atoms with Crippen LogP contribution in [0.1, 0.15) is 5.56 Å². The average Bonchev–Trinajstić information content (AvgIpc) is 2.53. The number of nitro benzene ring substituents is 1. The van der Waals surface area contributed by atoms with Gasteiger partial charge in [-0.1, -0.05) is 18.2 Å². The molecule has 2 aromatic rings. The lowest BCUT2D eigenvalue weighted by atomic mass is 10.2. The van der Waals surface area contributed by atoms with Crippen molar-refractivity contribution in [2.24, 2.45) is 5.73 Å². The summed E-state index contributed by atoms with van der Waals surface area (Å²) < 4.78 is 25.0. The van der Waals surface area contributed by atoms with Crippen molar-refractivity contribution in [2.75, 3.05) is 0 Å². The van der Waals surface area contributed by atoms with E-state index in [0.29, 0.717) is 5.56 Å². The third-order valence-corrected chi connectivity index (χ3v) is 4.78. The van der Waals surface area contributed by atoms with Gasteiger partial charge >= 0.3 is 0 Å². The maximum absolute atomic E-state index is 12.5. The molecule has 2 N–H and O–H groups in total. The number of rotatable bonds is 5. The number of carbonyl (C=O) groups is 1. The Kier molecular flexibility index (Phi) is 4.56. The Morgan fingerprint density at radius 3 is 2.09 bits per heavy atom. The number of hydrogen-bond donors (Lipinski definition) is 1. The molecular formula is C15H12N2O5S. The second-order valence-electron chi connectivity index (χ2n) is 4.54. The molecule has 0 aliphatic heterocycles. The highest BCUT2D eigenvalue weighted by Gasteiger charge is 2.25. The number of sulfone groups is 1. The predicted octanol–water partition coefficient (Wildman–Crippen LogP) is 1.89. The molecule has 7 nitrogen and oxygen atoms in total. The summed E-state index contributed by atoms with van der Waals surface area (Å²) in [7, 11) is -4.07. The molecule has 0 aromatic heterocycles. The van der Waals surface area contributed by atoms with Gasteiger partial charge in [0.15, 0.2) is 0 Å². The first-order valence-electron chi connectivity index (χ1n) is 6.38. The van der Waals surface area contributed by atoms with E-state index in [0.717, 1.165) is 6.08 Å². The van der Waals surface area contributed by atoms with Crippen LogP contribution in [0.25, 0.3) is 6.08 Å². The Hall–Kier alpha value is -3.00. The Bertz CT molecular complexity index is 872. The van der Waals surface area contributed by atoms with Crippen LogP contribution in [-0.2, 0) is 14.6 Å². The topological polar surface area (TPSA) is 120 Å². The van der Waals surface area contributed by atoms with E-state index >= 15 is 0 Å². The van der Waals surface area contributed by atoms with Gasteiger partial charge in [-0.3, -0.25) is 14.9 Å². The Balaban J connectivity index is 2.50. The van der Waals surface area contributed by atoms with Gasteiger partial charge < -0.3 is 5.73 Å². The number of nitrogens with two attached hydrogens (primary N) is 1. The van der Waals surface area contributed by atoms with Crippen LogP contribution >= 0.6 is 0 Å². The highest BCUT2D eigenvalue weighted by Crippen LogP contribution is 2.22. The molecule has 23 heavy (non-hydrogen) atoms. The van der Waals surface area contributed by atoms with Crippen LogP contribution in [0.4, 0.5) is 5.69 Å². The molecular weight excluding hydrogens is 320 g/mol. The summed E-state index contributed by atoms with van der Waals surface area (Å²) in [4.78, 5) is 20.9. The normalized spacial score (nSPS) is 11.9. The van der Waals surface area contributed by atoms with Crippen LogP contribution in [0, 0.1) is 10.1 Å². The van der Waals surface area contributed by atoms with Crippen LogP contribution in [0.5, 0.6) is 0 Å². The third-order valence-electron chi connectivity index (χ3n) is 2.99. The van der Waals surface area contributed by atoms with Gasteiger partial charge in [0.05, 0.1) is 9.82 Å². The summed E-state index contributed by atoms with van der Waals surface area (Å²) in [6.07, 6.45) is 1.09. The van der Waals surface area contributed by atoms with Gasteiger partial charge in [-0.05, 0) is 35.9 Å². The zero-order chi connectivity index (χ0) is 17.0. The average molecular weight is 332 g/mol. The Labute approximate surface area is 132 Å². The molecule has 1 amide bonds. The molecule has 0 spiro atoms. The van der Waals surface area contributed by atoms with Crippen LogP contribution in [0.3, 0.4) is 0 Å². The predicted molar refractivity (Wildman–Crippen MR) is 83.9 cm³/mol. The summed E-state index contributed by atoms with van der Waals surface area (Å²) in [6, 6.07) is 12.5. The first kappa shape index (κ1) is 16.4. The number of non-ortho nitro benzene ring substituents is 1. The second-order valence-corrected chi connectivity index (χ2v) is 6.46. The van der Waals surface area contributed by atoms with E-state index in [4.69, 9.17) is 5.73 Å². The van der Waals surface area contributed by atoms with Crippen molar-refractivity contribution in [3.63, 3.8) is 0 Å². The first-order chi connectivity index (χ1) is 10.8. The molecule has 118 valence electrons. The standard InChI is InChI=1S/C15H12N2O5S/c16-15(18)14(23(21,22)13-4-2-1-3-5-13)10-11-6-8-12(9-7-11)17(19)20/h1-10H,(H2,16,18)/b14-10+. The summed E-state index contributed by atoms with van der Waals surface area (Å²) in [5.41, 5.74) is 5.36. The smallest absolute Gasteiger partial charge is 0.269 e. The molecule has 8 heteroatoms. The van der Waals surface area contributed by atoms with Crippen LogP contribution in [0.15, 0.2) is 64.4 Å². The van der Waals surface area contributed by atoms with Gasteiger partial charge in [0.2, 0.25) is 9.84 Å². The largest absolute Gasteiger partial charge is 0.365 e. The van der Waals surface area contributed by atoms with E-state index < -0.39 is 25.6 Å². The van der Waals surface area contributed by atoms with Gasteiger partial charge in [0, 0.05) is 12.1 Å². The van der Waals surface area contributed by atoms with E-state index in [1.165, 1.54) is 48.5 Å². The summed E-state index contributed by atoms with van der Waals surface area (Å²) in [5.74, 6) is -1.10. The molecule has 0 unspecified atom stereocenters. The van der Waals surface area contributed by atoms with Crippen LogP contribution in [-0.4, -0.2) is 19.2 Å². The zero-order valence-corrected chi connectivity index (χ0v) is 12.6. The maximum atomic E-state index is 12.5. The number of benzene rings is 2. The minimum atomic E-state index is -4.07. The van der Waals surface area contributed by atoms with Gasteiger partial charge in [0.1, 0.15) is 4.91 Å². The van der Waals surface area contributed by atoms with Crippen LogP contribution < -0.4 is 5.73 Å². The molecule has 0 bridgehead atoms. The van der Waals surface area contributed by atoms with Crippen LogP contribution in [0.2, 0.25) is 0 Å². The lowest BCUT2D eigenvalue weighted by Gasteiger charge is -2.06. The molecule has 0 saturated carbocycles. The molecule has 0 atom stereocenters. The molecule has 0 saturated heterocycles. The molecule has 2 aromatic carbocycles. The fourth-order valence-corrected chi connectivity index (χ4v) is 3.18. The fourth-order valence-electron chi connectivity index (χ4n) is 1.85. The lowest BCUT2D eigenvalue weighted by Crippen LogP contribution is -2.21. The van der Waals surface area contributed by atoms with Crippen molar-refractivity contribution in [2.45, 2.75) is 4.90 Å². The molecule has 0 heterocycles. The van der Waals surface area contributed by atoms with E-state index in [2.05, 4.69) is 0 Å². The quantitative estimate of drug-likeness (QED) is 0.509. The minimum absolute atomic E-state index is 0.0630. The van der Waals surface area contributed by atoms with E-state index in [9.17, 15) is 23.3 Å². The van der Waals surface area contributed by atoms with Crippen molar-refractivity contribution in [1.82, 2.24) is 0 Å². The third kappa shape index (κ3) is 3.61. The van der Waals surface area contributed by atoms with Crippen molar-refractivity contribution >= 4 is 27.5 Å². The molecule has 0 radical (unpaired) electrons. The number of nitrogens with zero attached hydrogens (tertiary/aromatic N) is 1. The number of hydrogen-bond acceptors (Lipinski definition) is 5. The van der Waals surface area contributed by atoms with Gasteiger partial charge in [-0.25, -0.2) is 8.42 Å². The number of nitro groups is 1. The SMILES string of the molecule is NC(=O)/C(=C\c1ccc([N+](=O)[O-])cc1)S(=O)(=O)c1ccccc1. The molecule has 0 aliphatic rings. The number of amides is 1. The minimum Gasteiger partial charge on any atom is -0.365 e. The molecule has 0 fully saturated rings. The van der Waals surface area contributed by atoms with Crippen molar-refractivity contribution in [3.05, 3.63) is 75.2 Å². The van der Waals surface area contributed by atoms with Gasteiger partial charge in [0.25, 0.3) is 11.6 Å². The van der Waals surface area contributed by atoms with Crippen molar-refractivity contribution < 1.29 is 18.1 Å².